The third-order valence-corrected chi connectivity index (χ3v) is 4.02. The second-order valence-electron chi connectivity index (χ2n) is 4.33. The predicted molar refractivity (Wildman–Crippen MR) is 73.6 cm³/mol. The maximum atomic E-state index is 12.1. The van der Waals surface area contributed by atoms with Gasteiger partial charge in [0.1, 0.15) is 11.7 Å². The zero-order valence-electron chi connectivity index (χ0n) is 11.2. The first kappa shape index (κ1) is 13.4. The number of tetrazole rings is 1. The molecule has 1 aliphatic rings. The summed E-state index contributed by atoms with van der Waals surface area (Å²) in [6.07, 6.45) is 0. The molecule has 0 spiro atoms. The summed E-state index contributed by atoms with van der Waals surface area (Å²) < 4.78 is 6.22. The molecule has 1 unspecified atom stereocenters. The number of fused-ring (bicyclic) bond motifs is 1. The van der Waals surface area contributed by atoms with Crippen LogP contribution in [0.4, 0.5) is 5.95 Å². The highest BCUT2D eigenvalue weighted by Gasteiger charge is 2.37. The Balaban J connectivity index is 2.24. The molecule has 0 aromatic carbocycles. The summed E-state index contributed by atoms with van der Waals surface area (Å²) in [5.74, 6) is -0.586. The molecule has 0 radical (unpaired) electrons. The van der Waals surface area contributed by atoms with Gasteiger partial charge in [0.15, 0.2) is 5.78 Å². The van der Waals surface area contributed by atoms with E-state index in [4.69, 9.17) is 4.74 Å². The van der Waals surface area contributed by atoms with Crippen LogP contribution in [0.3, 0.4) is 0 Å². The number of ether oxygens (including phenoxy) is 1. The van der Waals surface area contributed by atoms with Gasteiger partial charge in [-0.1, -0.05) is 11.2 Å². The highest BCUT2D eigenvalue weighted by atomic mass is 32.1. The van der Waals surface area contributed by atoms with E-state index < -0.39 is 12.0 Å². The van der Waals surface area contributed by atoms with Crippen LogP contribution < -0.4 is 5.32 Å². The number of thiophene rings is 1. The first-order chi connectivity index (χ1) is 10.1. The number of hydrogen-bond donors (Lipinski definition) is 1. The van der Waals surface area contributed by atoms with Gasteiger partial charge in [0.25, 0.3) is 0 Å². The standard InChI is InChI=1S/C12H11N5O3S/c1-6(18)8-9(11(19)20-2)13-12-14-15-16-17(12)10(8)7-4-3-5-21-7/h3-5,10H,1-2H3,(H,13,14,16). The van der Waals surface area contributed by atoms with Gasteiger partial charge in [-0.2, -0.15) is 4.68 Å². The van der Waals surface area contributed by atoms with Gasteiger partial charge >= 0.3 is 5.97 Å². The molecule has 21 heavy (non-hydrogen) atoms. The van der Waals surface area contributed by atoms with Gasteiger partial charge in [-0.3, -0.25) is 4.79 Å². The summed E-state index contributed by atoms with van der Waals surface area (Å²) in [6, 6.07) is 3.19. The Morgan fingerprint density at radius 3 is 2.90 bits per heavy atom. The lowest BCUT2D eigenvalue weighted by Gasteiger charge is -2.26. The number of allylic oxidation sites excluding steroid dienone is 1. The van der Waals surface area contributed by atoms with Crippen molar-refractivity contribution < 1.29 is 14.3 Å². The molecule has 0 aliphatic carbocycles. The lowest BCUT2D eigenvalue weighted by Crippen LogP contribution is -2.31. The fourth-order valence-corrected chi connectivity index (χ4v) is 3.05. The molecule has 1 atom stereocenters. The van der Waals surface area contributed by atoms with Crippen molar-refractivity contribution in [3.63, 3.8) is 0 Å². The minimum Gasteiger partial charge on any atom is -0.464 e. The van der Waals surface area contributed by atoms with E-state index in [2.05, 4.69) is 20.8 Å². The van der Waals surface area contributed by atoms with Crippen LogP contribution in [0.2, 0.25) is 0 Å². The number of nitrogens with zero attached hydrogens (tertiary/aromatic N) is 4. The quantitative estimate of drug-likeness (QED) is 0.836. The number of hydrogen-bond acceptors (Lipinski definition) is 8. The van der Waals surface area contributed by atoms with Gasteiger partial charge in [-0.25, -0.2) is 4.79 Å². The Morgan fingerprint density at radius 2 is 2.29 bits per heavy atom. The Kier molecular flexibility index (Phi) is 3.26. The normalized spacial score (nSPS) is 17.1. The zero-order chi connectivity index (χ0) is 15.0. The summed E-state index contributed by atoms with van der Waals surface area (Å²) in [5.41, 5.74) is 0.356. The lowest BCUT2D eigenvalue weighted by atomic mass is 9.98. The van der Waals surface area contributed by atoms with Crippen molar-refractivity contribution in [1.29, 1.82) is 0 Å². The Morgan fingerprint density at radius 1 is 1.48 bits per heavy atom. The van der Waals surface area contributed by atoms with Gasteiger partial charge < -0.3 is 10.1 Å². The second kappa shape index (κ2) is 5.09. The van der Waals surface area contributed by atoms with Crippen LogP contribution in [-0.4, -0.2) is 39.1 Å². The summed E-state index contributed by atoms with van der Waals surface area (Å²) >= 11 is 1.46. The van der Waals surface area contributed by atoms with E-state index in [1.807, 2.05) is 17.5 Å². The molecule has 2 aromatic rings. The smallest absolute Gasteiger partial charge is 0.355 e. The molecule has 0 bridgehead atoms. The van der Waals surface area contributed by atoms with E-state index >= 15 is 0 Å². The van der Waals surface area contributed by atoms with Gasteiger partial charge in [0.2, 0.25) is 5.95 Å². The molecule has 8 nitrogen and oxygen atoms in total. The predicted octanol–water partition coefficient (Wildman–Crippen LogP) is 0.766. The molecule has 0 amide bonds. The van der Waals surface area contributed by atoms with Crippen LogP contribution >= 0.6 is 11.3 Å². The van der Waals surface area contributed by atoms with Gasteiger partial charge in [0, 0.05) is 4.88 Å². The largest absolute Gasteiger partial charge is 0.464 e. The molecule has 0 saturated heterocycles. The number of Topliss-reactive ketones (excluding diaryl/α,β-unsaturated/α-hetero) is 1. The highest BCUT2D eigenvalue weighted by molar-refractivity contribution is 7.10. The highest BCUT2D eigenvalue weighted by Crippen LogP contribution is 2.36. The molecule has 2 aromatic heterocycles. The van der Waals surface area contributed by atoms with Crippen molar-refractivity contribution in [1.82, 2.24) is 20.2 Å². The molecule has 1 aliphatic heterocycles. The molecule has 3 rings (SSSR count). The second-order valence-corrected chi connectivity index (χ2v) is 5.31. The number of nitrogens with one attached hydrogen (secondary N) is 1. The summed E-state index contributed by atoms with van der Waals surface area (Å²) in [5, 5.41) is 16.0. The number of aromatic nitrogens is 4. The molecular formula is C12H11N5O3S. The van der Waals surface area contributed by atoms with Crippen LogP contribution in [0.15, 0.2) is 28.8 Å². The fraction of sp³-hybridized carbons (Fsp3) is 0.250. The van der Waals surface area contributed by atoms with E-state index in [-0.39, 0.29) is 17.1 Å². The van der Waals surface area contributed by atoms with Crippen molar-refractivity contribution in [2.45, 2.75) is 13.0 Å². The van der Waals surface area contributed by atoms with Crippen LogP contribution in [0.1, 0.15) is 17.8 Å². The molecular weight excluding hydrogens is 294 g/mol. The molecule has 1 N–H and O–H groups in total. The minimum atomic E-state index is -0.629. The van der Waals surface area contributed by atoms with Crippen molar-refractivity contribution in [3.05, 3.63) is 33.7 Å². The topological polar surface area (TPSA) is 99.0 Å². The zero-order valence-corrected chi connectivity index (χ0v) is 12.0. The number of carbonyl (C=O) groups excluding carboxylic acids is 2. The van der Waals surface area contributed by atoms with Gasteiger partial charge in [0.05, 0.1) is 12.7 Å². The maximum Gasteiger partial charge on any atom is 0.355 e. The van der Waals surface area contributed by atoms with E-state index in [0.29, 0.717) is 5.95 Å². The Bertz CT molecular complexity index is 734. The number of esters is 1. The van der Waals surface area contributed by atoms with Crippen molar-refractivity contribution in [2.24, 2.45) is 0 Å². The average molecular weight is 305 g/mol. The number of rotatable bonds is 3. The van der Waals surface area contributed by atoms with Gasteiger partial charge in [-0.05, 0) is 28.8 Å². The van der Waals surface area contributed by atoms with Gasteiger partial charge in [-0.15, -0.1) is 11.3 Å². The van der Waals surface area contributed by atoms with Crippen LogP contribution in [0.25, 0.3) is 0 Å². The molecule has 108 valence electrons. The number of carbonyl (C=O) groups is 2. The Labute approximate surface area is 123 Å². The fourth-order valence-electron chi connectivity index (χ4n) is 2.23. The number of anilines is 1. The van der Waals surface area contributed by atoms with Crippen molar-refractivity contribution in [3.8, 4) is 0 Å². The Hall–Kier alpha value is -2.55. The van der Waals surface area contributed by atoms with Crippen molar-refractivity contribution in [2.75, 3.05) is 12.4 Å². The number of ketones is 1. The van der Waals surface area contributed by atoms with Crippen LogP contribution in [-0.2, 0) is 14.3 Å². The van der Waals surface area contributed by atoms with Crippen LogP contribution in [0, 0.1) is 0 Å². The first-order valence-electron chi connectivity index (χ1n) is 6.05. The van der Waals surface area contributed by atoms with Crippen LogP contribution in [0.5, 0.6) is 0 Å². The van der Waals surface area contributed by atoms with E-state index in [1.165, 1.54) is 30.1 Å². The molecule has 0 fully saturated rings. The van der Waals surface area contributed by atoms with E-state index in [0.717, 1.165) is 4.88 Å². The minimum absolute atomic E-state index is 0.0747. The molecule has 0 saturated carbocycles. The average Bonchev–Trinajstić information content (AvgIpc) is 3.14. The van der Waals surface area contributed by atoms with E-state index in [1.54, 1.807) is 0 Å². The summed E-state index contributed by atoms with van der Waals surface area (Å²) in [7, 11) is 1.26. The summed E-state index contributed by atoms with van der Waals surface area (Å²) in [4.78, 5) is 24.9. The monoisotopic (exact) mass is 305 g/mol. The summed E-state index contributed by atoms with van der Waals surface area (Å²) in [6.45, 7) is 1.40. The maximum absolute atomic E-state index is 12.1. The molecule has 3 heterocycles. The first-order valence-corrected chi connectivity index (χ1v) is 6.93. The SMILES string of the molecule is COC(=O)C1=C(C(C)=O)C(c2cccs2)n2nnnc2N1. The van der Waals surface area contributed by atoms with Crippen molar-refractivity contribution >= 4 is 29.0 Å². The third kappa shape index (κ3) is 2.11. The third-order valence-electron chi connectivity index (χ3n) is 3.10. The number of methoxy groups -OCH3 is 1. The lowest BCUT2D eigenvalue weighted by molar-refractivity contribution is -0.136. The van der Waals surface area contributed by atoms with E-state index in [9.17, 15) is 9.59 Å². The molecule has 9 heteroatoms.